The van der Waals surface area contributed by atoms with Crippen molar-refractivity contribution < 1.29 is 14.3 Å². The summed E-state index contributed by atoms with van der Waals surface area (Å²) >= 11 is 0. The van der Waals surface area contributed by atoms with Crippen LogP contribution in [-0.2, 0) is 9.53 Å². The first-order valence-corrected chi connectivity index (χ1v) is 6.94. The number of hydrogen-bond donors (Lipinski definition) is 0. The van der Waals surface area contributed by atoms with Crippen molar-refractivity contribution in [3.8, 4) is 5.75 Å². The van der Waals surface area contributed by atoms with Crippen molar-refractivity contribution in [2.75, 3.05) is 13.7 Å². The van der Waals surface area contributed by atoms with Gasteiger partial charge in [-0.25, -0.2) is 0 Å². The highest BCUT2D eigenvalue weighted by Gasteiger charge is 2.23. The molecule has 2 aromatic rings. The van der Waals surface area contributed by atoms with Gasteiger partial charge in [-0.3, -0.25) is 4.79 Å². The normalized spacial score (nSPS) is 11.8. The SMILES string of the molecule is COC(=O)C(COc1cccc(C)c1)c1ccccc1C. The summed E-state index contributed by atoms with van der Waals surface area (Å²) in [7, 11) is 1.40. The summed E-state index contributed by atoms with van der Waals surface area (Å²) in [6.45, 7) is 4.25. The molecule has 110 valence electrons. The number of hydrogen-bond acceptors (Lipinski definition) is 3. The van der Waals surface area contributed by atoms with Gasteiger partial charge >= 0.3 is 5.97 Å². The van der Waals surface area contributed by atoms with Gasteiger partial charge in [0.15, 0.2) is 0 Å². The molecule has 1 unspecified atom stereocenters. The molecule has 0 fully saturated rings. The van der Waals surface area contributed by atoms with Crippen LogP contribution in [-0.4, -0.2) is 19.7 Å². The number of carbonyl (C=O) groups is 1. The predicted molar refractivity (Wildman–Crippen MR) is 82.6 cm³/mol. The quantitative estimate of drug-likeness (QED) is 0.786. The fraction of sp³-hybridized carbons (Fsp3) is 0.278. The molecule has 0 aromatic heterocycles. The van der Waals surface area contributed by atoms with Gasteiger partial charge in [-0.15, -0.1) is 0 Å². The van der Waals surface area contributed by atoms with Gasteiger partial charge in [0, 0.05) is 0 Å². The second-order valence-electron chi connectivity index (χ2n) is 5.06. The molecule has 0 saturated carbocycles. The first kappa shape index (κ1) is 15.1. The van der Waals surface area contributed by atoms with Gasteiger partial charge in [0.2, 0.25) is 0 Å². The van der Waals surface area contributed by atoms with E-state index in [1.54, 1.807) is 0 Å². The lowest BCUT2D eigenvalue weighted by molar-refractivity contribution is -0.143. The highest BCUT2D eigenvalue weighted by atomic mass is 16.5. The molecule has 0 amide bonds. The van der Waals surface area contributed by atoms with E-state index in [-0.39, 0.29) is 12.6 Å². The molecule has 0 radical (unpaired) electrons. The van der Waals surface area contributed by atoms with Crippen molar-refractivity contribution in [2.45, 2.75) is 19.8 Å². The van der Waals surface area contributed by atoms with Crippen LogP contribution in [0.15, 0.2) is 48.5 Å². The average molecular weight is 284 g/mol. The maximum absolute atomic E-state index is 12.1. The molecule has 1 atom stereocenters. The van der Waals surface area contributed by atoms with E-state index in [0.717, 1.165) is 22.4 Å². The van der Waals surface area contributed by atoms with Gasteiger partial charge in [-0.2, -0.15) is 0 Å². The van der Waals surface area contributed by atoms with Crippen molar-refractivity contribution in [1.29, 1.82) is 0 Å². The summed E-state index contributed by atoms with van der Waals surface area (Å²) in [5.74, 6) is 0.0613. The molecule has 0 aliphatic rings. The number of aryl methyl sites for hydroxylation is 2. The summed E-state index contributed by atoms with van der Waals surface area (Å²) in [5, 5.41) is 0. The van der Waals surface area contributed by atoms with Crippen LogP contribution in [0, 0.1) is 13.8 Å². The van der Waals surface area contributed by atoms with E-state index >= 15 is 0 Å². The molecule has 2 rings (SSSR count). The van der Waals surface area contributed by atoms with Crippen molar-refractivity contribution in [3.63, 3.8) is 0 Å². The van der Waals surface area contributed by atoms with Crippen LogP contribution in [0.3, 0.4) is 0 Å². The minimum absolute atomic E-state index is 0.265. The Morgan fingerprint density at radius 3 is 2.52 bits per heavy atom. The molecule has 0 heterocycles. The van der Waals surface area contributed by atoms with Crippen LogP contribution in [0.2, 0.25) is 0 Å². The average Bonchev–Trinajstić information content (AvgIpc) is 2.49. The van der Waals surface area contributed by atoms with Crippen LogP contribution in [0.4, 0.5) is 0 Å². The van der Waals surface area contributed by atoms with Crippen LogP contribution in [0.25, 0.3) is 0 Å². The number of rotatable bonds is 5. The summed E-state index contributed by atoms with van der Waals surface area (Å²) in [4.78, 5) is 12.1. The monoisotopic (exact) mass is 284 g/mol. The zero-order valence-electron chi connectivity index (χ0n) is 12.6. The fourth-order valence-electron chi connectivity index (χ4n) is 2.29. The lowest BCUT2D eigenvalue weighted by atomic mass is 9.95. The van der Waals surface area contributed by atoms with Gasteiger partial charge < -0.3 is 9.47 Å². The van der Waals surface area contributed by atoms with E-state index in [4.69, 9.17) is 9.47 Å². The number of ether oxygens (including phenoxy) is 2. The lowest BCUT2D eigenvalue weighted by Crippen LogP contribution is -2.22. The van der Waals surface area contributed by atoms with E-state index in [9.17, 15) is 4.79 Å². The molecular formula is C18H20O3. The zero-order valence-corrected chi connectivity index (χ0v) is 12.6. The largest absolute Gasteiger partial charge is 0.492 e. The van der Waals surface area contributed by atoms with Crippen LogP contribution < -0.4 is 4.74 Å². The lowest BCUT2D eigenvalue weighted by Gasteiger charge is -2.18. The smallest absolute Gasteiger partial charge is 0.316 e. The van der Waals surface area contributed by atoms with Crippen molar-refractivity contribution in [2.24, 2.45) is 0 Å². The number of carbonyl (C=O) groups excluding carboxylic acids is 1. The third kappa shape index (κ3) is 3.85. The standard InChI is InChI=1S/C18H20O3/c1-13-7-6-9-15(11-13)21-12-17(18(19)20-3)16-10-5-4-8-14(16)2/h4-11,17H,12H2,1-3H3. The van der Waals surface area contributed by atoms with E-state index < -0.39 is 5.92 Å². The van der Waals surface area contributed by atoms with E-state index in [1.807, 2.05) is 62.4 Å². The third-order valence-corrected chi connectivity index (χ3v) is 3.46. The second-order valence-corrected chi connectivity index (χ2v) is 5.06. The molecule has 2 aromatic carbocycles. The predicted octanol–water partition coefficient (Wildman–Crippen LogP) is 3.64. The highest BCUT2D eigenvalue weighted by molar-refractivity contribution is 5.78. The Bertz CT molecular complexity index is 619. The van der Waals surface area contributed by atoms with Gasteiger partial charge in [0.05, 0.1) is 7.11 Å². The molecule has 0 N–H and O–H groups in total. The Morgan fingerprint density at radius 1 is 1.10 bits per heavy atom. The topological polar surface area (TPSA) is 35.5 Å². The summed E-state index contributed by atoms with van der Waals surface area (Å²) in [6, 6.07) is 15.6. The molecule has 0 bridgehead atoms. The molecule has 3 heteroatoms. The minimum Gasteiger partial charge on any atom is -0.492 e. The summed E-state index contributed by atoms with van der Waals surface area (Å²) in [5.41, 5.74) is 3.12. The Labute approximate surface area is 125 Å². The maximum atomic E-state index is 12.1. The van der Waals surface area contributed by atoms with Crippen molar-refractivity contribution in [3.05, 3.63) is 65.2 Å². The van der Waals surface area contributed by atoms with E-state index in [1.165, 1.54) is 7.11 Å². The Morgan fingerprint density at radius 2 is 1.86 bits per heavy atom. The minimum atomic E-state index is -0.420. The van der Waals surface area contributed by atoms with Crippen LogP contribution in [0.1, 0.15) is 22.6 Å². The molecule has 0 spiro atoms. The van der Waals surface area contributed by atoms with E-state index in [2.05, 4.69) is 0 Å². The second kappa shape index (κ2) is 6.93. The first-order valence-electron chi connectivity index (χ1n) is 6.94. The molecule has 0 aliphatic carbocycles. The fourth-order valence-corrected chi connectivity index (χ4v) is 2.29. The summed E-state index contributed by atoms with van der Waals surface area (Å²) in [6.07, 6.45) is 0. The molecule has 0 saturated heterocycles. The van der Waals surface area contributed by atoms with Crippen molar-refractivity contribution >= 4 is 5.97 Å². The molecule has 3 nitrogen and oxygen atoms in total. The van der Waals surface area contributed by atoms with Gasteiger partial charge in [0.1, 0.15) is 18.3 Å². The Hall–Kier alpha value is -2.29. The van der Waals surface area contributed by atoms with E-state index in [0.29, 0.717) is 0 Å². The Balaban J connectivity index is 2.18. The Kier molecular flexibility index (Phi) is 4.99. The van der Waals surface area contributed by atoms with Crippen molar-refractivity contribution in [1.82, 2.24) is 0 Å². The van der Waals surface area contributed by atoms with Gasteiger partial charge in [0.25, 0.3) is 0 Å². The molecule has 21 heavy (non-hydrogen) atoms. The van der Waals surface area contributed by atoms with Crippen LogP contribution in [0.5, 0.6) is 5.75 Å². The van der Waals surface area contributed by atoms with Crippen LogP contribution >= 0.6 is 0 Å². The molecular weight excluding hydrogens is 264 g/mol. The number of esters is 1. The highest BCUT2D eigenvalue weighted by Crippen LogP contribution is 2.23. The molecule has 0 aliphatic heterocycles. The number of benzene rings is 2. The maximum Gasteiger partial charge on any atom is 0.316 e. The zero-order chi connectivity index (χ0) is 15.2. The summed E-state index contributed by atoms with van der Waals surface area (Å²) < 4.78 is 10.7. The van der Waals surface area contributed by atoms with Gasteiger partial charge in [-0.05, 0) is 42.7 Å². The number of methoxy groups -OCH3 is 1. The third-order valence-electron chi connectivity index (χ3n) is 3.46. The first-order chi connectivity index (χ1) is 10.1. The van der Waals surface area contributed by atoms with Gasteiger partial charge in [-0.1, -0.05) is 36.4 Å².